The number of carbonyl (C=O) groups is 1. The van der Waals surface area contributed by atoms with Gasteiger partial charge in [-0.15, -0.1) is 5.10 Å². The number of hydrogen-bond donors (Lipinski definition) is 3. The van der Waals surface area contributed by atoms with Crippen molar-refractivity contribution in [3.05, 3.63) is 89.6 Å². The smallest absolute Gasteiger partial charge is 0.251 e. The second kappa shape index (κ2) is 10.4. The number of H-pyrrole nitrogens is 1. The van der Waals surface area contributed by atoms with E-state index in [2.05, 4.69) is 42.9 Å². The number of nitrogens with zero attached hydrogens (tertiary/aromatic N) is 5. The third-order valence-electron chi connectivity index (χ3n) is 6.64. The third-order valence-corrected chi connectivity index (χ3v) is 6.64. The number of aromatic amines is 1. The van der Waals surface area contributed by atoms with E-state index in [1.165, 1.54) is 5.56 Å². The molecule has 0 atom stereocenters. The van der Waals surface area contributed by atoms with E-state index in [4.69, 9.17) is 4.74 Å². The first-order valence-corrected chi connectivity index (χ1v) is 12.5. The number of hydrogen-bond acceptors (Lipinski definition) is 7. The van der Waals surface area contributed by atoms with Crippen molar-refractivity contribution in [2.75, 3.05) is 26.3 Å². The first kappa shape index (κ1) is 23.8. The van der Waals surface area contributed by atoms with E-state index in [1.54, 1.807) is 35.0 Å². The van der Waals surface area contributed by atoms with Crippen molar-refractivity contribution in [3.63, 3.8) is 0 Å². The molecule has 3 heterocycles. The van der Waals surface area contributed by atoms with Crippen LogP contribution in [0.5, 0.6) is 5.75 Å². The topological polar surface area (TPSA) is 121 Å². The highest BCUT2D eigenvalue weighted by molar-refractivity contribution is 6.01. The monoisotopic (exact) mass is 509 g/mol. The van der Waals surface area contributed by atoms with Crippen LogP contribution >= 0.6 is 0 Å². The predicted molar refractivity (Wildman–Crippen MR) is 142 cm³/mol. The lowest BCUT2D eigenvalue weighted by Crippen LogP contribution is -2.35. The van der Waals surface area contributed by atoms with Gasteiger partial charge in [0.1, 0.15) is 17.1 Å². The van der Waals surface area contributed by atoms with Crippen LogP contribution in [0.3, 0.4) is 0 Å². The van der Waals surface area contributed by atoms with Gasteiger partial charge in [-0.1, -0.05) is 29.5 Å². The summed E-state index contributed by atoms with van der Waals surface area (Å²) in [5.41, 5.74) is 5.48. The molecule has 10 heteroatoms. The predicted octanol–water partition coefficient (Wildman–Crippen LogP) is 3.28. The molecular formula is C28H27N7O3. The lowest BCUT2D eigenvalue weighted by molar-refractivity contribution is 0.0342. The van der Waals surface area contributed by atoms with Crippen LogP contribution in [0.2, 0.25) is 0 Å². The maximum absolute atomic E-state index is 12.8. The number of morpholine rings is 1. The van der Waals surface area contributed by atoms with Crippen molar-refractivity contribution in [1.29, 1.82) is 0 Å². The first-order chi connectivity index (χ1) is 18.6. The minimum absolute atomic E-state index is 0.165. The molecule has 0 spiro atoms. The summed E-state index contributed by atoms with van der Waals surface area (Å²) in [7, 11) is 0. The second-order valence-electron chi connectivity index (χ2n) is 9.29. The summed E-state index contributed by atoms with van der Waals surface area (Å²) >= 11 is 0. The molecule has 0 unspecified atom stereocenters. The highest BCUT2D eigenvalue weighted by Crippen LogP contribution is 2.26. The van der Waals surface area contributed by atoms with Crippen molar-refractivity contribution in [2.45, 2.75) is 13.1 Å². The number of phenolic OH excluding ortho intramolecular Hbond substituents is 1. The zero-order chi connectivity index (χ0) is 25.9. The van der Waals surface area contributed by atoms with Crippen LogP contribution in [0, 0.1) is 0 Å². The Morgan fingerprint density at radius 1 is 1.03 bits per heavy atom. The van der Waals surface area contributed by atoms with Crippen LogP contribution < -0.4 is 5.32 Å². The van der Waals surface area contributed by atoms with Gasteiger partial charge < -0.3 is 15.2 Å². The Bertz CT molecular complexity index is 1570. The van der Waals surface area contributed by atoms with Gasteiger partial charge in [-0.25, -0.2) is 4.68 Å². The molecule has 0 saturated carbocycles. The van der Waals surface area contributed by atoms with E-state index < -0.39 is 0 Å². The molecule has 38 heavy (non-hydrogen) atoms. The maximum atomic E-state index is 12.8. The number of benzene rings is 3. The Labute approximate surface area is 218 Å². The molecule has 1 aliphatic heterocycles. The summed E-state index contributed by atoms with van der Waals surface area (Å²) < 4.78 is 7.15. The molecule has 1 amide bonds. The van der Waals surface area contributed by atoms with Gasteiger partial charge in [-0.3, -0.25) is 14.8 Å². The third kappa shape index (κ3) is 5.13. The molecule has 3 aromatic carbocycles. The average molecular weight is 510 g/mol. The maximum Gasteiger partial charge on any atom is 0.251 e. The van der Waals surface area contributed by atoms with Crippen molar-refractivity contribution < 1.29 is 14.6 Å². The number of carbonyl (C=O) groups excluding carboxylic acids is 1. The molecule has 0 bridgehead atoms. The summed E-state index contributed by atoms with van der Waals surface area (Å²) in [6, 6.07) is 20.5. The number of aromatic nitrogens is 5. The Morgan fingerprint density at radius 3 is 2.68 bits per heavy atom. The van der Waals surface area contributed by atoms with Gasteiger partial charge in [0.05, 0.1) is 30.6 Å². The van der Waals surface area contributed by atoms with Crippen molar-refractivity contribution in [2.24, 2.45) is 0 Å². The lowest BCUT2D eigenvalue weighted by atomic mass is 10.1. The number of aromatic hydroxyl groups is 1. The molecule has 192 valence electrons. The molecule has 1 aliphatic rings. The van der Waals surface area contributed by atoms with Crippen LogP contribution in [0.1, 0.15) is 21.5 Å². The quantitative estimate of drug-likeness (QED) is 0.308. The summed E-state index contributed by atoms with van der Waals surface area (Å²) in [5.74, 6) is -0.0543. The zero-order valence-electron chi connectivity index (χ0n) is 20.7. The van der Waals surface area contributed by atoms with Crippen LogP contribution in [-0.2, 0) is 17.8 Å². The molecule has 5 aromatic rings. The largest absolute Gasteiger partial charge is 0.508 e. The van der Waals surface area contributed by atoms with E-state index >= 15 is 0 Å². The molecule has 3 N–H and O–H groups in total. The average Bonchev–Trinajstić information content (AvgIpc) is 3.60. The van der Waals surface area contributed by atoms with Gasteiger partial charge in [0, 0.05) is 37.1 Å². The minimum atomic E-state index is -0.219. The van der Waals surface area contributed by atoms with Crippen molar-refractivity contribution >= 4 is 16.8 Å². The fourth-order valence-electron chi connectivity index (χ4n) is 4.57. The fraction of sp³-hybridized carbons (Fsp3) is 0.214. The van der Waals surface area contributed by atoms with E-state index in [9.17, 15) is 9.90 Å². The molecule has 0 radical (unpaired) electrons. The lowest BCUT2D eigenvalue weighted by Gasteiger charge is -2.26. The summed E-state index contributed by atoms with van der Waals surface area (Å²) in [6.07, 6.45) is 1.83. The highest BCUT2D eigenvalue weighted by atomic mass is 16.5. The van der Waals surface area contributed by atoms with Crippen molar-refractivity contribution in [1.82, 2.24) is 35.4 Å². The molecular weight excluding hydrogens is 482 g/mol. The SMILES string of the molecule is O=C(NCc1cccc(O)c1)c1ccc2[nH]nc(-c3cn(-c4ccc(CN5CCOCC5)cc4)nn3)c2c1. The number of nitrogens with one attached hydrogen (secondary N) is 2. The Hall–Kier alpha value is -4.54. The Balaban J connectivity index is 1.18. The number of amides is 1. The molecule has 10 nitrogen and oxygen atoms in total. The normalized spacial score (nSPS) is 14.1. The molecule has 1 saturated heterocycles. The van der Waals surface area contributed by atoms with Gasteiger partial charge in [0.25, 0.3) is 5.91 Å². The second-order valence-corrected chi connectivity index (χ2v) is 9.29. The number of fused-ring (bicyclic) bond motifs is 1. The minimum Gasteiger partial charge on any atom is -0.508 e. The van der Waals surface area contributed by atoms with Crippen LogP contribution in [-0.4, -0.2) is 67.4 Å². The van der Waals surface area contributed by atoms with Gasteiger partial charge in [-0.05, 0) is 53.6 Å². The summed E-state index contributed by atoms with van der Waals surface area (Å²) in [6.45, 7) is 4.68. The van der Waals surface area contributed by atoms with Crippen LogP contribution in [0.4, 0.5) is 0 Å². The van der Waals surface area contributed by atoms with Gasteiger partial charge in [-0.2, -0.15) is 5.10 Å². The van der Waals surface area contributed by atoms with Crippen molar-refractivity contribution in [3.8, 4) is 22.8 Å². The molecule has 2 aromatic heterocycles. The fourth-order valence-corrected chi connectivity index (χ4v) is 4.57. The van der Waals surface area contributed by atoms with E-state index in [0.29, 0.717) is 23.5 Å². The van der Waals surface area contributed by atoms with Crippen LogP contribution in [0.25, 0.3) is 28.0 Å². The van der Waals surface area contributed by atoms with E-state index in [-0.39, 0.29) is 11.7 Å². The highest BCUT2D eigenvalue weighted by Gasteiger charge is 2.16. The Kier molecular flexibility index (Phi) is 6.55. The Morgan fingerprint density at radius 2 is 1.87 bits per heavy atom. The van der Waals surface area contributed by atoms with Gasteiger partial charge in [0.15, 0.2) is 0 Å². The first-order valence-electron chi connectivity index (χ1n) is 12.5. The molecule has 0 aliphatic carbocycles. The number of phenols is 1. The van der Waals surface area contributed by atoms with E-state index in [0.717, 1.165) is 55.0 Å². The summed E-state index contributed by atoms with van der Waals surface area (Å²) in [5, 5.41) is 29.4. The standard InChI is InChI=1S/C28H27N7O3/c36-23-3-1-2-20(14-23)16-29-28(37)21-6-9-25-24(15-21)27(32-30-25)26-18-35(33-31-26)22-7-4-19(5-8-22)17-34-10-12-38-13-11-34/h1-9,14-15,18,36H,10-13,16-17H2,(H,29,37)(H,30,32). The molecule has 6 rings (SSSR count). The molecule has 1 fully saturated rings. The van der Waals surface area contributed by atoms with E-state index in [1.807, 2.05) is 30.5 Å². The van der Waals surface area contributed by atoms with Crippen LogP contribution in [0.15, 0.2) is 72.9 Å². The number of ether oxygens (including phenoxy) is 1. The van der Waals surface area contributed by atoms with Gasteiger partial charge in [0.2, 0.25) is 0 Å². The number of rotatable bonds is 7. The summed E-state index contributed by atoms with van der Waals surface area (Å²) in [4.78, 5) is 15.2. The zero-order valence-corrected chi connectivity index (χ0v) is 20.7. The van der Waals surface area contributed by atoms with Gasteiger partial charge >= 0.3 is 0 Å².